The average molecular weight is 296 g/mol. The standard InChI is InChI=1S/C16H25FN2O2/c1-12(2)19-7-8-20-14(10-19)11-21-16-4-3-13(5-6-18)9-15(16)17/h3-4,9,12,14H,5-8,10-11,18H2,1-2H3. The normalized spacial score (nSPS) is 20.0. The lowest BCUT2D eigenvalue weighted by molar-refractivity contribution is -0.0568. The van der Waals surface area contributed by atoms with Crippen LogP contribution in [0.2, 0.25) is 0 Å². The van der Waals surface area contributed by atoms with Gasteiger partial charge in [0.05, 0.1) is 6.61 Å². The van der Waals surface area contributed by atoms with Gasteiger partial charge in [0.2, 0.25) is 0 Å². The Balaban J connectivity index is 1.87. The Bertz CT molecular complexity index is 454. The van der Waals surface area contributed by atoms with Gasteiger partial charge in [-0.05, 0) is 44.5 Å². The molecule has 1 aromatic carbocycles. The molecule has 2 N–H and O–H groups in total. The Labute approximate surface area is 126 Å². The van der Waals surface area contributed by atoms with Crippen LogP contribution in [0.5, 0.6) is 5.75 Å². The molecule has 0 radical (unpaired) electrons. The molecular formula is C16H25FN2O2. The second-order valence-electron chi connectivity index (χ2n) is 5.70. The molecule has 0 amide bonds. The van der Waals surface area contributed by atoms with Gasteiger partial charge in [0, 0.05) is 19.1 Å². The second kappa shape index (κ2) is 7.73. The summed E-state index contributed by atoms with van der Waals surface area (Å²) in [6, 6.07) is 5.50. The summed E-state index contributed by atoms with van der Waals surface area (Å²) in [5.41, 5.74) is 6.36. The molecule has 1 aromatic rings. The highest BCUT2D eigenvalue weighted by Gasteiger charge is 2.23. The highest BCUT2D eigenvalue weighted by molar-refractivity contribution is 5.29. The zero-order valence-corrected chi connectivity index (χ0v) is 12.8. The fraction of sp³-hybridized carbons (Fsp3) is 0.625. The number of nitrogens with two attached hydrogens (primary N) is 1. The molecule has 1 aliphatic rings. The van der Waals surface area contributed by atoms with Gasteiger partial charge >= 0.3 is 0 Å². The lowest BCUT2D eigenvalue weighted by Gasteiger charge is -2.35. The molecule has 1 atom stereocenters. The molecule has 1 heterocycles. The number of halogens is 1. The fourth-order valence-corrected chi connectivity index (χ4v) is 2.48. The van der Waals surface area contributed by atoms with Gasteiger partial charge in [-0.15, -0.1) is 0 Å². The summed E-state index contributed by atoms with van der Waals surface area (Å²) in [6.07, 6.45) is 0.663. The van der Waals surface area contributed by atoms with Crippen LogP contribution in [0.3, 0.4) is 0 Å². The smallest absolute Gasteiger partial charge is 0.165 e. The highest BCUT2D eigenvalue weighted by Crippen LogP contribution is 2.19. The summed E-state index contributed by atoms with van der Waals surface area (Å²) in [5, 5.41) is 0. The molecule has 118 valence electrons. The van der Waals surface area contributed by atoms with Gasteiger partial charge in [-0.3, -0.25) is 4.90 Å². The molecule has 0 bridgehead atoms. The van der Waals surface area contributed by atoms with E-state index < -0.39 is 0 Å². The van der Waals surface area contributed by atoms with Crippen molar-refractivity contribution >= 4 is 0 Å². The van der Waals surface area contributed by atoms with Gasteiger partial charge in [-0.2, -0.15) is 0 Å². The lowest BCUT2D eigenvalue weighted by Crippen LogP contribution is -2.47. The van der Waals surface area contributed by atoms with Crippen LogP contribution in [0, 0.1) is 5.82 Å². The maximum absolute atomic E-state index is 13.9. The number of morpholine rings is 1. The Morgan fingerprint density at radius 2 is 2.29 bits per heavy atom. The molecule has 1 aliphatic heterocycles. The van der Waals surface area contributed by atoms with Gasteiger partial charge in [0.15, 0.2) is 11.6 Å². The first kappa shape index (κ1) is 16.2. The first-order valence-electron chi connectivity index (χ1n) is 7.57. The van der Waals surface area contributed by atoms with Crippen molar-refractivity contribution in [2.24, 2.45) is 5.73 Å². The van der Waals surface area contributed by atoms with E-state index in [1.165, 1.54) is 6.07 Å². The molecule has 1 saturated heterocycles. The van der Waals surface area contributed by atoms with E-state index in [0.29, 0.717) is 32.2 Å². The zero-order chi connectivity index (χ0) is 15.2. The second-order valence-corrected chi connectivity index (χ2v) is 5.70. The third-order valence-corrected chi connectivity index (χ3v) is 3.75. The Morgan fingerprint density at radius 3 is 2.95 bits per heavy atom. The van der Waals surface area contributed by atoms with Crippen molar-refractivity contribution < 1.29 is 13.9 Å². The number of hydrogen-bond donors (Lipinski definition) is 1. The molecule has 2 rings (SSSR count). The van der Waals surface area contributed by atoms with Crippen molar-refractivity contribution in [3.63, 3.8) is 0 Å². The molecule has 4 nitrogen and oxygen atoms in total. The summed E-state index contributed by atoms with van der Waals surface area (Å²) in [5.74, 6) is -0.0569. The van der Waals surface area contributed by atoms with E-state index in [2.05, 4.69) is 18.7 Å². The quantitative estimate of drug-likeness (QED) is 0.870. The minimum atomic E-state index is -0.336. The van der Waals surface area contributed by atoms with Crippen LogP contribution in [0.4, 0.5) is 4.39 Å². The molecular weight excluding hydrogens is 271 g/mol. The largest absolute Gasteiger partial charge is 0.488 e. The third-order valence-electron chi connectivity index (χ3n) is 3.75. The van der Waals surface area contributed by atoms with Crippen LogP contribution in [0.25, 0.3) is 0 Å². The topological polar surface area (TPSA) is 47.7 Å². The SMILES string of the molecule is CC(C)N1CCOC(COc2ccc(CCN)cc2F)C1. The highest BCUT2D eigenvalue weighted by atomic mass is 19.1. The Kier molecular flexibility index (Phi) is 5.96. The molecule has 0 aromatic heterocycles. The fourth-order valence-electron chi connectivity index (χ4n) is 2.48. The van der Waals surface area contributed by atoms with Crippen molar-refractivity contribution in [3.05, 3.63) is 29.6 Å². The van der Waals surface area contributed by atoms with Gasteiger partial charge in [0.1, 0.15) is 12.7 Å². The summed E-state index contributed by atoms with van der Waals surface area (Å²) >= 11 is 0. The molecule has 5 heteroatoms. The first-order chi connectivity index (χ1) is 10.1. The van der Waals surface area contributed by atoms with Gasteiger partial charge in [-0.25, -0.2) is 4.39 Å². The Morgan fingerprint density at radius 1 is 1.48 bits per heavy atom. The van der Waals surface area contributed by atoms with Crippen LogP contribution in [-0.4, -0.2) is 49.9 Å². The van der Waals surface area contributed by atoms with Crippen LogP contribution < -0.4 is 10.5 Å². The van der Waals surface area contributed by atoms with E-state index >= 15 is 0 Å². The van der Waals surface area contributed by atoms with Crippen molar-refractivity contribution in [1.82, 2.24) is 4.90 Å². The van der Waals surface area contributed by atoms with Crippen LogP contribution in [-0.2, 0) is 11.2 Å². The summed E-state index contributed by atoms with van der Waals surface area (Å²) in [6.45, 7) is 7.68. The molecule has 21 heavy (non-hydrogen) atoms. The van der Waals surface area contributed by atoms with E-state index in [-0.39, 0.29) is 17.7 Å². The Hall–Kier alpha value is -1.17. The number of nitrogens with zero attached hydrogens (tertiary/aromatic N) is 1. The summed E-state index contributed by atoms with van der Waals surface area (Å²) in [7, 11) is 0. The zero-order valence-electron chi connectivity index (χ0n) is 12.8. The van der Waals surface area contributed by atoms with E-state index in [1.807, 2.05) is 6.07 Å². The van der Waals surface area contributed by atoms with E-state index in [4.69, 9.17) is 15.2 Å². The molecule has 0 spiro atoms. The molecule has 1 unspecified atom stereocenters. The lowest BCUT2D eigenvalue weighted by atomic mass is 10.1. The van der Waals surface area contributed by atoms with E-state index in [9.17, 15) is 4.39 Å². The van der Waals surface area contributed by atoms with Crippen molar-refractivity contribution in [3.8, 4) is 5.75 Å². The number of hydrogen-bond acceptors (Lipinski definition) is 4. The average Bonchev–Trinajstić information content (AvgIpc) is 2.47. The summed E-state index contributed by atoms with van der Waals surface area (Å²) < 4.78 is 25.2. The predicted molar refractivity (Wildman–Crippen MR) is 81.1 cm³/mol. The minimum Gasteiger partial charge on any atom is -0.488 e. The predicted octanol–water partition coefficient (Wildman–Crippen LogP) is 1.81. The molecule has 0 aliphatic carbocycles. The van der Waals surface area contributed by atoms with E-state index in [1.54, 1.807) is 6.07 Å². The van der Waals surface area contributed by atoms with Crippen LogP contribution in [0.1, 0.15) is 19.4 Å². The van der Waals surface area contributed by atoms with Crippen LogP contribution >= 0.6 is 0 Å². The molecule has 1 fully saturated rings. The molecule has 0 saturated carbocycles. The van der Waals surface area contributed by atoms with Crippen molar-refractivity contribution in [1.29, 1.82) is 0 Å². The maximum atomic E-state index is 13.9. The monoisotopic (exact) mass is 296 g/mol. The first-order valence-corrected chi connectivity index (χ1v) is 7.57. The number of ether oxygens (including phenoxy) is 2. The number of benzene rings is 1. The maximum Gasteiger partial charge on any atom is 0.165 e. The minimum absolute atomic E-state index is 0.00994. The van der Waals surface area contributed by atoms with Crippen molar-refractivity contribution in [2.75, 3.05) is 32.8 Å². The van der Waals surface area contributed by atoms with E-state index in [0.717, 1.165) is 18.7 Å². The van der Waals surface area contributed by atoms with Gasteiger partial charge < -0.3 is 15.2 Å². The van der Waals surface area contributed by atoms with Crippen LogP contribution in [0.15, 0.2) is 18.2 Å². The third kappa shape index (κ3) is 4.66. The van der Waals surface area contributed by atoms with Gasteiger partial charge in [0.25, 0.3) is 0 Å². The summed E-state index contributed by atoms with van der Waals surface area (Å²) in [4.78, 5) is 2.35. The van der Waals surface area contributed by atoms with Gasteiger partial charge in [-0.1, -0.05) is 6.07 Å². The van der Waals surface area contributed by atoms with Crippen molar-refractivity contribution in [2.45, 2.75) is 32.4 Å². The number of rotatable bonds is 6.